The highest BCUT2D eigenvalue weighted by Gasteiger charge is 2.18. The number of anilines is 1. The van der Waals surface area contributed by atoms with E-state index in [0.29, 0.717) is 11.4 Å². The molecule has 0 saturated heterocycles. The number of aromatic nitrogens is 3. The van der Waals surface area contributed by atoms with Crippen LogP contribution in [0, 0.1) is 13.8 Å². The summed E-state index contributed by atoms with van der Waals surface area (Å²) in [7, 11) is 1.49. The van der Waals surface area contributed by atoms with Crippen molar-refractivity contribution in [2.24, 2.45) is 0 Å². The van der Waals surface area contributed by atoms with Gasteiger partial charge in [0.1, 0.15) is 5.56 Å². The van der Waals surface area contributed by atoms with Crippen LogP contribution < -0.4 is 10.1 Å². The minimum absolute atomic E-state index is 0.238. The molecule has 112 valence electrons. The predicted molar refractivity (Wildman–Crippen MR) is 80.8 cm³/mol. The molecule has 0 aliphatic heterocycles. The van der Waals surface area contributed by atoms with Crippen LogP contribution in [0.2, 0.25) is 0 Å². The second-order valence-electron chi connectivity index (χ2n) is 5.10. The second kappa shape index (κ2) is 5.95. The smallest absolute Gasteiger partial charge is 0.261 e. The van der Waals surface area contributed by atoms with Gasteiger partial charge < -0.3 is 10.1 Å². The fraction of sp³-hybridized carbons (Fsp3) is 0.400. The lowest BCUT2D eigenvalue weighted by Gasteiger charge is -2.10. The highest BCUT2D eigenvalue weighted by atomic mass is 16.5. The average Bonchev–Trinajstić information content (AvgIpc) is 2.75. The molecule has 0 radical (unpaired) electrons. The Morgan fingerprint density at radius 1 is 1.38 bits per heavy atom. The molecule has 1 N–H and O–H groups in total. The lowest BCUT2D eigenvalue weighted by Crippen LogP contribution is -2.15. The molecule has 6 heteroatoms. The normalized spacial score (nSPS) is 10.8. The summed E-state index contributed by atoms with van der Waals surface area (Å²) in [5.74, 6) is 0.0519. The number of hydrogen-bond donors (Lipinski definition) is 1. The van der Waals surface area contributed by atoms with E-state index in [0.717, 1.165) is 17.1 Å². The van der Waals surface area contributed by atoms with E-state index in [-0.39, 0.29) is 11.9 Å². The molecule has 0 aliphatic carbocycles. The number of pyridine rings is 1. The van der Waals surface area contributed by atoms with E-state index in [1.807, 2.05) is 18.5 Å². The number of methoxy groups -OCH3 is 1. The molecule has 0 saturated carbocycles. The zero-order chi connectivity index (χ0) is 15.6. The number of carbonyl (C=O) groups is 1. The third-order valence-electron chi connectivity index (χ3n) is 3.26. The SMILES string of the molecule is COc1ncccc1C(=O)Nc1c(C)nn(C(C)C)c1C. The molecule has 2 rings (SSSR count). The van der Waals surface area contributed by atoms with Gasteiger partial charge in [0.2, 0.25) is 5.88 Å². The maximum Gasteiger partial charge on any atom is 0.261 e. The van der Waals surface area contributed by atoms with Crippen molar-refractivity contribution >= 4 is 11.6 Å². The number of rotatable bonds is 4. The number of carbonyl (C=O) groups excluding carboxylic acids is 1. The van der Waals surface area contributed by atoms with Gasteiger partial charge >= 0.3 is 0 Å². The van der Waals surface area contributed by atoms with Gasteiger partial charge in [-0.05, 0) is 39.8 Å². The maximum atomic E-state index is 12.4. The largest absolute Gasteiger partial charge is 0.480 e. The van der Waals surface area contributed by atoms with Crippen molar-refractivity contribution in [2.45, 2.75) is 33.7 Å². The summed E-state index contributed by atoms with van der Waals surface area (Å²) in [6.07, 6.45) is 1.59. The Bertz CT molecular complexity index is 662. The molecule has 21 heavy (non-hydrogen) atoms. The molecule has 1 amide bonds. The summed E-state index contributed by atoms with van der Waals surface area (Å²) < 4.78 is 7.01. The summed E-state index contributed by atoms with van der Waals surface area (Å²) in [4.78, 5) is 16.4. The second-order valence-corrected chi connectivity index (χ2v) is 5.10. The number of nitrogens with zero attached hydrogens (tertiary/aromatic N) is 3. The van der Waals surface area contributed by atoms with Gasteiger partial charge in [0.15, 0.2) is 0 Å². The third-order valence-corrected chi connectivity index (χ3v) is 3.26. The lowest BCUT2D eigenvalue weighted by molar-refractivity contribution is 0.102. The minimum atomic E-state index is -0.255. The van der Waals surface area contributed by atoms with Gasteiger partial charge in [-0.3, -0.25) is 9.48 Å². The van der Waals surface area contributed by atoms with Gasteiger partial charge in [-0.25, -0.2) is 4.98 Å². The highest BCUT2D eigenvalue weighted by Crippen LogP contribution is 2.24. The molecule has 0 unspecified atom stereocenters. The van der Waals surface area contributed by atoms with E-state index in [2.05, 4.69) is 29.2 Å². The Balaban J connectivity index is 2.32. The van der Waals surface area contributed by atoms with Crippen LogP contribution in [0.4, 0.5) is 5.69 Å². The van der Waals surface area contributed by atoms with E-state index in [1.54, 1.807) is 18.3 Å². The monoisotopic (exact) mass is 288 g/mol. The number of nitrogens with one attached hydrogen (secondary N) is 1. The van der Waals surface area contributed by atoms with Crippen LogP contribution in [0.25, 0.3) is 0 Å². The molecule has 2 aromatic rings. The van der Waals surface area contributed by atoms with Gasteiger partial charge in [0, 0.05) is 12.2 Å². The van der Waals surface area contributed by atoms with Crippen LogP contribution in [0.3, 0.4) is 0 Å². The summed E-state index contributed by atoms with van der Waals surface area (Å²) in [5.41, 5.74) is 2.85. The molecule has 0 bridgehead atoms. The van der Waals surface area contributed by atoms with Crippen molar-refractivity contribution in [3.05, 3.63) is 35.3 Å². The first kappa shape index (κ1) is 15.0. The van der Waals surface area contributed by atoms with Crippen LogP contribution in [-0.4, -0.2) is 27.8 Å². The van der Waals surface area contributed by atoms with Crippen molar-refractivity contribution in [1.82, 2.24) is 14.8 Å². The van der Waals surface area contributed by atoms with E-state index in [4.69, 9.17) is 4.74 Å². The van der Waals surface area contributed by atoms with Gasteiger partial charge in [0.05, 0.1) is 24.2 Å². The van der Waals surface area contributed by atoms with Crippen LogP contribution in [0.15, 0.2) is 18.3 Å². The zero-order valence-corrected chi connectivity index (χ0v) is 13.0. The molecule has 0 fully saturated rings. The Labute approximate surface area is 124 Å². The van der Waals surface area contributed by atoms with Crippen molar-refractivity contribution in [2.75, 3.05) is 12.4 Å². The van der Waals surface area contributed by atoms with Gasteiger partial charge in [-0.15, -0.1) is 0 Å². The predicted octanol–water partition coefficient (Wildman–Crippen LogP) is 2.74. The lowest BCUT2D eigenvalue weighted by atomic mass is 10.2. The van der Waals surface area contributed by atoms with Crippen molar-refractivity contribution in [1.29, 1.82) is 0 Å². The van der Waals surface area contributed by atoms with E-state index < -0.39 is 0 Å². The Kier molecular flexibility index (Phi) is 4.26. The maximum absolute atomic E-state index is 12.4. The summed E-state index contributed by atoms with van der Waals surface area (Å²) in [6, 6.07) is 3.62. The molecule has 2 heterocycles. The third kappa shape index (κ3) is 2.89. The van der Waals surface area contributed by atoms with Crippen molar-refractivity contribution < 1.29 is 9.53 Å². The van der Waals surface area contributed by atoms with Crippen molar-refractivity contribution in [3.63, 3.8) is 0 Å². The molecule has 0 atom stereocenters. The highest BCUT2D eigenvalue weighted by molar-refractivity contribution is 6.06. The van der Waals surface area contributed by atoms with Crippen LogP contribution in [0.5, 0.6) is 5.88 Å². The fourth-order valence-electron chi connectivity index (χ4n) is 2.25. The first-order valence-electron chi connectivity index (χ1n) is 6.81. The average molecular weight is 288 g/mol. The summed E-state index contributed by atoms with van der Waals surface area (Å²) in [5, 5.41) is 7.36. The Morgan fingerprint density at radius 2 is 2.10 bits per heavy atom. The number of amides is 1. The zero-order valence-electron chi connectivity index (χ0n) is 13.0. The summed E-state index contributed by atoms with van der Waals surface area (Å²) >= 11 is 0. The first-order valence-corrected chi connectivity index (χ1v) is 6.81. The number of hydrogen-bond acceptors (Lipinski definition) is 4. The van der Waals surface area contributed by atoms with E-state index in [9.17, 15) is 4.79 Å². The Hall–Kier alpha value is -2.37. The fourth-order valence-corrected chi connectivity index (χ4v) is 2.25. The van der Waals surface area contributed by atoms with Crippen molar-refractivity contribution in [3.8, 4) is 5.88 Å². The number of aryl methyl sites for hydroxylation is 1. The van der Waals surface area contributed by atoms with Crippen LogP contribution in [-0.2, 0) is 0 Å². The van der Waals surface area contributed by atoms with E-state index >= 15 is 0 Å². The molecular weight excluding hydrogens is 268 g/mol. The topological polar surface area (TPSA) is 69.0 Å². The standard InChI is InChI=1S/C15H20N4O2/c1-9(2)19-11(4)13(10(3)18-19)17-14(20)12-7-6-8-16-15(12)21-5/h6-9H,1-5H3,(H,17,20). The Morgan fingerprint density at radius 3 is 2.67 bits per heavy atom. The van der Waals surface area contributed by atoms with Gasteiger partial charge in [-0.2, -0.15) is 5.10 Å². The van der Waals surface area contributed by atoms with Gasteiger partial charge in [-0.1, -0.05) is 0 Å². The quantitative estimate of drug-likeness (QED) is 0.939. The molecular formula is C15H20N4O2. The molecule has 0 aromatic carbocycles. The summed E-state index contributed by atoms with van der Waals surface area (Å²) in [6.45, 7) is 7.92. The number of ether oxygens (including phenoxy) is 1. The first-order chi connectivity index (χ1) is 9.95. The molecule has 6 nitrogen and oxygen atoms in total. The molecule has 0 spiro atoms. The molecule has 2 aromatic heterocycles. The van der Waals surface area contributed by atoms with Crippen LogP contribution >= 0.6 is 0 Å². The van der Waals surface area contributed by atoms with Gasteiger partial charge in [0.25, 0.3) is 5.91 Å². The van der Waals surface area contributed by atoms with Crippen LogP contribution in [0.1, 0.15) is 41.6 Å². The minimum Gasteiger partial charge on any atom is -0.480 e. The molecule has 0 aliphatic rings. The van der Waals surface area contributed by atoms with E-state index in [1.165, 1.54) is 7.11 Å².